The summed E-state index contributed by atoms with van der Waals surface area (Å²) in [6, 6.07) is 5.71. The normalized spacial score (nSPS) is 20.2. The molecule has 134 valence electrons. The lowest BCUT2D eigenvalue weighted by Gasteiger charge is -2.21. The van der Waals surface area contributed by atoms with Gasteiger partial charge in [0, 0.05) is 17.1 Å². The molecule has 1 N–H and O–H groups in total. The number of halogens is 1. The first kappa shape index (κ1) is 19.4. The zero-order valence-corrected chi connectivity index (χ0v) is 16.3. The Morgan fingerprint density at radius 3 is 2.46 bits per heavy atom. The highest BCUT2D eigenvalue weighted by Crippen LogP contribution is 2.18. The summed E-state index contributed by atoms with van der Waals surface area (Å²) in [4.78, 5) is 12.2. The first-order valence-electron chi connectivity index (χ1n) is 7.39. The van der Waals surface area contributed by atoms with Crippen LogP contribution in [-0.4, -0.2) is 57.7 Å². The molecule has 0 spiro atoms. The fraction of sp³-hybridized carbons (Fsp3) is 0.500. The van der Waals surface area contributed by atoms with Crippen LogP contribution < -0.4 is 5.32 Å². The summed E-state index contributed by atoms with van der Waals surface area (Å²) in [5.41, 5.74) is 0. The number of likely N-dealkylation sites (N-methyl/N-ethyl adjacent to an activating group) is 1. The van der Waals surface area contributed by atoms with Gasteiger partial charge in [-0.1, -0.05) is 22.9 Å². The Morgan fingerprint density at radius 2 is 1.96 bits per heavy atom. The number of benzene rings is 1. The molecule has 0 bridgehead atoms. The molecule has 0 aromatic heterocycles. The predicted molar refractivity (Wildman–Crippen MR) is 93.8 cm³/mol. The number of carbonyl (C=O) groups excluding carboxylic acids is 1. The minimum absolute atomic E-state index is 0.0482. The van der Waals surface area contributed by atoms with Crippen molar-refractivity contribution in [1.29, 1.82) is 0 Å². The summed E-state index contributed by atoms with van der Waals surface area (Å²) < 4.78 is 49.8. The smallest absolute Gasteiger partial charge is 0.243 e. The van der Waals surface area contributed by atoms with Gasteiger partial charge in [-0.25, -0.2) is 16.8 Å². The van der Waals surface area contributed by atoms with E-state index in [-0.39, 0.29) is 29.5 Å². The number of hydrogen-bond acceptors (Lipinski definition) is 5. The Hall–Kier alpha value is -0.970. The van der Waals surface area contributed by atoms with Gasteiger partial charge in [0.1, 0.15) is 0 Å². The topological polar surface area (TPSA) is 101 Å². The summed E-state index contributed by atoms with van der Waals surface area (Å²) in [6.45, 7) is 1.43. The highest BCUT2D eigenvalue weighted by molar-refractivity contribution is 9.10. The maximum absolute atomic E-state index is 12.6. The van der Waals surface area contributed by atoms with Crippen LogP contribution in [0.15, 0.2) is 33.6 Å². The zero-order valence-electron chi connectivity index (χ0n) is 13.1. The molecule has 0 radical (unpaired) electrons. The molecule has 1 atom stereocenters. The third-order valence-electron chi connectivity index (χ3n) is 3.72. The molecule has 0 unspecified atom stereocenters. The van der Waals surface area contributed by atoms with Gasteiger partial charge in [-0.3, -0.25) is 4.79 Å². The molecule has 10 heteroatoms. The first-order valence-corrected chi connectivity index (χ1v) is 11.4. The molecule has 7 nitrogen and oxygen atoms in total. The maximum Gasteiger partial charge on any atom is 0.243 e. The molecule has 1 heterocycles. The number of rotatable bonds is 6. The van der Waals surface area contributed by atoms with Gasteiger partial charge >= 0.3 is 0 Å². The van der Waals surface area contributed by atoms with Crippen LogP contribution >= 0.6 is 15.9 Å². The summed E-state index contributed by atoms with van der Waals surface area (Å²) in [6.07, 6.45) is 0.361. The number of sulfone groups is 1. The molecule has 0 saturated carbocycles. The van der Waals surface area contributed by atoms with E-state index in [1.165, 1.54) is 12.1 Å². The van der Waals surface area contributed by atoms with Crippen LogP contribution in [-0.2, 0) is 24.7 Å². The SMILES string of the molecule is CCN(CC(=O)N[C@@H]1CCS(=O)(=O)C1)S(=O)(=O)c1ccc(Br)cc1. The largest absolute Gasteiger partial charge is 0.351 e. The summed E-state index contributed by atoms with van der Waals surface area (Å²) in [7, 11) is -6.89. The van der Waals surface area contributed by atoms with Crippen LogP contribution in [0.1, 0.15) is 13.3 Å². The lowest BCUT2D eigenvalue weighted by Crippen LogP contribution is -2.44. The second kappa shape index (κ2) is 7.51. The number of sulfonamides is 1. The van der Waals surface area contributed by atoms with Gasteiger partial charge in [0.2, 0.25) is 15.9 Å². The molecule has 1 aliphatic rings. The van der Waals surface area contributed by atoms with E-state index in [1.54, 1.807) is 19.1 Å². The van der Waals surface area contributed by atoms with Gasteiger partial charge in [-0.15, -0.1) is 0 Å². The Labute approximate surface area is 150 Å². The van der Waals surface area contributed by atoms with Crippen molar-refractivity contribution >= 4 is 41.7 Å². The number of hydrogen-bond donors (Lipinski definition) is 1. The van der Waals surface area contributed by atoms with E-state index < -0.39 is 31.8 Å². The molecule has 1 aliphatic heterocycles. The average Bonchev–Trinajstić information content (AvgIpc) is 2.83. The molecule has 24 heavy (non-hydrogen) atoms. The highest BCUT2D eigenvalue weighted by atomic mass is 79.9. The van der Waals surface area contributed by atoms with Crippen molar-refractivity contribution in [3.05, 3.63) is 28.7 Å². The minimum Gasteiger partial charge on any atom is -0.351 e. The third-order valence-corrected chi connectivity index (χ3v) is 7.95. The van der Waals surface area contributed by atoms with E-state index in [9.17, 15) is 21.6 Å². The van der Waals surface area contributed by atoms with Crippen molar-refractivity contribution in [2.45, 2.75) is 24.3 Å². The number of nitrogens with one attached hydrogen (secondary N) is 1. The van der Waals surface area contributed by atoms with Crippen LogP contribution in [0.2, 0.25) is 0 Å². The molecule has 1 aromatic rings. The van der Waals surface area contributed by atoms with Gasteiger partial charge in [-0.05, 0) is 30.7 Å². The number of amides is 1. The van der Waals surface area contributed by atoms with Crippen molar-refractivity contribution in [3.63, 3.8) is 0 Å². The van der Waals surface area contributed by atoms with Crippen LogP contribution in [0.3, 0.4) is 0 Å². The van der Waals surface area contributed by atoms with E-state index in [2.05, 4.69) is 21.2 Å². The third kappa shape index (κ3) is 4.78. The second-order valence-electron chi connectivity index (χ2n) is 5.55. The molecular weight excluding hydrogens is 420 g/mol. The zero-order chi connectivity index (χ0) is 18.0. The van der Waals surface area contributed by atoms with Gasteiger partial charge in [0.05, 0.1) is 22.9 Å². The molecule has 1 fully saturated rings. The molecule has 1 saturated heterocycles. The van der Waals surface area contributed by atoms with Gasteiger partial charge in [-0.2, -0.15) is 4.31 Å². The van der Waals surface area contributed by atoms with E-state index in [4.69, 9.17) is 0 Å². The first-order chi connectivity index (χ1) is 11.1. The van der Waals surface area contributed by atoms with Gasteiger partial charge < -0.3 is 5.32 Å². The van der Waals surface area contributed by atoms with E-state index in [1.807, 2.05) is 0 Å². The Balaban J connectivity index is 2.05. The summed E-state index contributed by atoms with van der Waals surface area (Å²) in [5, 5.41) is 2.60. The highest BCUT2D eigenvalue weighted by Gasteiger charge is 2.30. The Bertz CT molecular complexity index is 806. The van der Waals surface area contributed by atoms with Gasteiger partial charge in [0.25, 0.3) is 0 Å². The maximum atomic E-state index is 12.6. The van der Waals surface area contributed by atoms with Crippen molar-refractivity contribution < 1.29 is 21.6 Å². The van der Waals surface area contributed by atoms with E-state index in [0.717, 1.165) is 8.78 Å². The Kier molecular flexibility index (Phi) is 6.05. The number of nitrogens with zero attached hydrogens (tertiary/aromatic N) is 1. The Morgan fingerprint density at radius 1 is 1.33 bits per heavy atom. The molecule has 2 rings (SSSR count). The molecule has 1 aromatic carbocycles. The van der Waals surface area contributed by atoms with Crippen LogP contribution in [0.25, 0.3) is 0 Å². The van der Waals surface area contributed by atoms with E-state index >= 15 is 0 Å². The van der Waals surface area contributed by atoms with Crippen molar-refractivity contribution in [1.82, 2.24) is 9.62 Å². The lowest BCUT2D eigenvalue weighted by molar-refractivity contribution is -0.121. The van der Waals surface area contributed by atoms with Crippen molar-refractivity contribution in [2.24, 2.45) is 0 Å². The van der Waals surface area contributed by atoms with Gasteiger partial charge in [0.15, 0.2) is 9.84 Å². The minimum atomic E-state index is -3.79. The van der Waals surface area contributed by atoms with E-state index in [0.29, 0.717) is 6.42 Å². The molecule has 0 aliphatic carbocycles. The monoisotopic (exact) mass is 438 g/mol. The molecule has 1 amide bonds. The fourth-order valence-corrected chi connectivity index (χ4v) is 5.81. The summed E-state index contributed by atoms with van der Waals surface area (Å²) in [5.74, 6) is -0.545. The average molecular weight is 439 g/mol. The molecular formula is C14H19BrN2O5S2. The standard InChI is InChI=1S/C14H19BrN2O5S2/c1-2-17(24(21,22)13-5-3-11(15)4-6-13)9-14(18)16-12-7-8-23(19,20)10-12/h3-6,12H,2,7-10H2,1H3,(H,16,18)/t12-/m1/s1. The quantitative estimate of drug-likeness (QED) is 0.706. The van der Waals surface area contributed by atoms with Crippen molar-refractivity contribution in [2.75, 3.05) is 24.6 Å². The number of carbonyl (C=O) groups is 1. The van der Waals surface area contributed by atoms with Crippen LogP contribution in [0, 0.1) is 0 Å². The fourth-order valence-electron chi connectivity index (χ4n) is 2.46. The van der Waals surface area contributed by atoms with Crippen LogP contribution in [0.4, 0.5) is 0 Å². The van der Waals surface area contributed by atoms with Crippen molar-refractivity contribution in [3.8, 4) is 0 Å². The lowest BCUT2D eigenvalue weighted by atomic mass is 10.2. The predicted octanol–water partition coefficient (Wildman–Crippen LogP) is 0.763. The summed E-state index contributed by atoms with van der Waals surface area (Å²) >= 11 is 3.24. The van der Waals surface area contributed by atoms with Crippen LogP contribution in [0.5, 0.6) is 0 Å². The second-order valence-corrected chi connectivity index (χ2v) is 10.6.